The van der Waals surface area contributed by atoms with Crippen LogP contribution in [0.15, 0.2) is 23.1 Å². The summed E-state index contributed by atoms with van der Waals surface area (Å²) < 4.78 is 23.1. The number of amides is 1. The summed E-state index contributed by atoms with van der Waals surface area (Å²) in [6.45, 7) is 3.04. The van der Waals surface area contributed by atoms with Gasteiger partial charge >= 0.3 is 0 Å². The van der Waals surface area contributed by atoms with Crippen LogP contribution in [0.4, 0.5) is 5.69 Å². The molecule has 1 amide bonds. The first-order valence-electron chi connectivity index (χ1n) is 4.47. The van der Waals surface area contributed by atoms with Crippen LogP contribution in [0.5, 0.6) is 0 Å². The van der Waals surface area contributed by atoms with E-state index < -0.39 is 10.0 Å². The highest BCUT2D eigenvalue weighted by atomic mass is 32.2. The number of anilines is 1. The first-order chi connectivity index (χ1) is 7.36. The highest BCUT2D eigenvalue weighted by Gasteiger charge is 2.17. The Balaban J connectivity index is 3.34. The van der Waals surface area contributed by atoms with Gasteiger partial charge in [-0.05, 0) is 24.6 Å². The van der Waals surface area contributed by atoms with Gasteiger partial charge in [0.05, 0.1) is 5.69 Å². The average molecular weight is 243 g/mol. The molecule has 0 unspecified atom stereocenters. The third-order valence-electron chi connectivity index (χ3n) is 1.89. The van der Waals surface area contributed by atoms with Gasteiger partial charge in [-0.2, -0.15) is 0 Å². The lowest BCUT2D eigenvalue weighted by atomic mass is 10.2. The molecule has 16 heavy (non-hydrogen) atoms. The first-order valence-corrected chi connectivity index (χ1v) is 5.96. The normalized spacial score (nSPS) is 11.2. The number of carbonyl (C=O) groups excluding carboxylic acids is 1. The van der Waals surface area contributed by atoms with Crippen LogP contribution in [0, 0.1) is 6.92 Å². The maximum absolute atomic E-state index is 11.6. The third kappa shape index (κ3) is 2.78. The van der Waals surface area contributed by atoms with Crippen LogP contribution in [0.3, 0.4) is 0 Å². The molecule has 0 atom stereocenters. The number of hydrazine groups is 1. The van der Waals surface area contributed by atoms with Gasteiger partial charge in [0, 0.05) is 6.92 Å². The smallest absolute Gasteiger partial charge is 0.255 e. The van der Waals surface area contributed by atoms with Gasteiger partial charge in [-0.1, -0.05) is 6.07 Å². The number of hydrogen-bond acceptors (Lipinski definition) is 4. The molecule has 1 aromatic carbocycles. The summed E-state index contributed by atoms with van der Waals surface area (Å²) in [5.41, 5.74) is 0.957. The molecule has 0 aromatic heterocycles. The maximum Gasteiger partial charge on any atom is 0.255 e. The second kappa shape index (κ2) is 4.60. The van der Waals surface area contributed by atoms with Crippen molar-refractivity contribution < 1.29 is 13.2 Å². The fraction of sp³-hybridized carbons (Fsp3) is 0.222. The van der Waals surface area contributed by atoms with E-state index in [0.717, 1.165) is 5.56 Å². The van der Waals surface area contributed by atoms with E-state index in [0.29, 0.717) is 0 Å². The van der Waals surface area contributed by atoms with E-state index in [2.05, 4.69) is 5.32 Å². The zero-order valence-electron chi connectivity index (χ0n) is 8.94. The van der Waals surface area contributed by atoms with Crippen LogP contribution >= 0.6 is 0 Å². The van der Waals surface area contributed by atoms with Crippen LogP contribution in [-0.4, -0.2) is 14.3 Å². The van der Waals surface area contributed by atoms with E-state index >= 15 is 0 Å². The Kier molecular flexibility index (Phi) is 3.63. The minimum absolute atomic E-state index is 0.0507. The standard InChI is InChI=1S/C9H13N3O3S/c1-6-3-4-8(11-7(2)13)9(5-6)16(14,15)12-10/h3-5,12H,10H2,1-2H3,(H,11,13). The Hall–Kier alpha value is -1.44. The fourth-order valence-electron chi connectivity index (χ4n) is 1.21. The van der Waals surface area contributed by atoms with Crippen molar-refractivity contribution >= 4 is 21.6 Å². The molecule has 88 valence electrons. The van der Waals surface area contributed by atoms with E-state index in [1.165, 1.54) is 19.1 Å². The lowest BCUT2D eigenvalue weighted by Gasteiger charge is -2.10. The third-order valence-corrected chi connectivity index (χ3v) is 3.12. The molecule has 0 aliphatic carbocycles. The number of aryl methyl sites for hydroxylation is 1. The number of nitrogens with two attached hydrogens (primary N) is 1. The van der Waals surface area contributed by atoms with Crippen LogP contribution in [-0.2, 0) is 14.8 Å². The highest BCUT2D eigenvalue weighted by molar-refractivity contribution is 7.89. The van der Waals surface area contributed by atoms with Crippen molar-refractivity contribution in [1.82, 2.24) is 4.83 Å². The Bertz CT molecular complexity index is 511. The molecule has 0 spiro atoms. The molecule has 0 radical (unpaired) electrons. The summed E-state index contributed by atoms with van der Waals surface area (Å²) in [7, 11) is -3.78. The van der Waals surface area contributed by atoms with E-state index in [-0.39, 0.29) is 16.5 Å². The molecular formula is C9H13N3O3S. The van der Waals surface area contributed by atoms with Crippen molar-refractivity contribution in [2.75, 3.05) is 5.32 Å². The van der Waals surface area contributed by atoms with Gasteiger partial charge in [0.15, 0.2) is 0 Å². The van der Waals surface area contributed by atoms with Crippen LogP contribution in [0.25, 0.3) is 0 Å². The Morgan fingerprint density at radius 1 is 1.38 bits per heavy atom. The SMILES string of the molecule is CC(=O)Nc1ccc(C)cc1S(=O)(=O)NN. The van der Waals surface area contributed by atoms with Crippen LogP contribution in [0.1, 0.15) is 12.5 Å². The summed E-state index contributed by atoms with van der Waals surface area (Å²) in [6.07, 6.45) is 0. The minimum Gasteiger partial charge on any atom is -0.325 e. The number of sulfonamides is 1. The van der Waals surface area contributed by atoms with Gasteiger partial charge in [-0.15, -0.1) is 4.83 Å². The van der Waals surface area contributed by atoms with Crippen LogP contribution < -0.4 is 16.0 Å². The van der Waals surface area contributed by atoms with Crippen molar-refractivity contribution in [3.8, 4) is 0 Å². The van der Waals surface area contributed by atoms with Gasteiger partial charge in [-0.25, -0.2) is 8.42 Å². The summed E-state index contributed by atoms with van der Waals surface area (Å²) >= 11 is 0. The van der Waals surface area contributed by atoms with Gasteiger partial charge in [0.1, 0.15) is 4.90 Å². The number of nitrogens with one attached hydrogen (secondary N) is 2. The number of hydrogen-bond donors (Lipinski definition) is 3. The van der Waals surface area contributed by atoms with Gasteiger partial charge in [0.25, 0.3) is 10.0 Å². The van der Waals surface area contributed by atoms with Crippen molar-refractivity contribution in [2.24, 2.45) is 5.84 Å². The van der Waals surface area contributed by atoms with E-state index in [9.17, 15) is 13.2 Å². The Morgan fingerprint density at radius 2 is 2.00 bits per heavy atom. The zero-order chi connectivity index (χ0) is 12.3. The summed E-state index contributed by atoms with van der Waals surface area (Å²) in [6, 6.07) is 4.64. The number of benzene rings is 1. The molecule has 1 rings (SSSR count). The second-order valence-electron chi connectivity index (χ2n) is 3.30. The van der Waals surface area contributed by atoms with Gasteiger partial charge in [-0.3, -0.25) is 10.6 Å². The monoisotopic (exact) mass is 243 g/mol. The number of carbonyl (C=O) groups is 1. The molecule has 1 aromatic rings. The lowest BCUT2D eigenvalue weighted by molar-refractivity contribution is -0.114. The predicted molar refractivity (Wildman–Crippen MR) is 60.0 cm³/mol. The predicted octanol–water partition coefficient (Wildman–Crippen LogP) is 0.105. The van der Waals surface area contributed by atoms with Crippen molar-refractivity contribution in [3.63, 3.8) is 0 Å². The molecule has 0 aliphatic heterocycles. The quantitative estimate of drug-likeness (QED) is 0.518. The molecule has 4 N–H and O–H groups in total. The van der Waals surface area contributed by atoms with E-state index in [1.54, 1.807) is 17.8 Å². The van der Waals surface area contributed by atoms with Crippen molar-refractivity contribution in [1.29, 1.82) is 0 Å². The molecule has 0 saturated heterocycles. The second-order valence-corrected chi connectivity index (χ2v) is 4.98. The van der Waals surface area contributed by atoms with Crippen molar-refractivity contribution in [2.45, 2.75) is 18.7 Å². The molecule has 6 nitrogen and oxygen atoms in total. The summed E-state index contributed by atoms with van der Waals surface area (Å²) in [5.74, 6) is 4.59. The first kappa shape index (κ1) is 12.6. The highest BCUT2D eigenvalue weighted by Crippen LogP contribution is 2.21. The largest absolute Gasteiger partial charge is 0.325 e. The Labute approximate surface area is 93.9 Å². The lowest BCUT2D eigenvalue weighted by Crippen LogP contribution is -2.31. The van der Waals surface area contributed by atoms with Crippen molar-refractivity contribution in [3.05, 3.63) is 23.8 Å². The molecule has 0 saturated carbocycles. The topological polar surface area (TPSA) is 101 Å². The van der Waals surface area contributed by atoms with Gasteiger partial charge in [0.2, 0.25) is 5.91 Å². The zero-order valence-corrected chi connectivity index (χ0v) is 9.76. The molecule has 0 bridgehead atoms. The summed E-state index contributed by atoms with van der Waals surface area (Å²) in [5, 5.41) is 2.43. The fourth-order valence-corrected chi connectivity index (χ4v) is 2.08. The maximum atomic E-state index is 11.6. The Morgan fingerprint density at radius 3 is 2.50 bits per heavy atom. The average Bonchev–Trinajstić information content (AvgIpc) is 2.20. The molecular weight excluding hydrogens is 230 g/mol. The van der Waals surface area contributed by atoms with Crippen LogP contribution in [0.2, 0.25) is 0 Å². The number of rotatable bonds is 3. The van der Waals surface area contributed by atoms with E-state index in [1.807, 2.05) is 0 Å². The molecule has 0 heterocycles. The van der Waals surface area contributed by atoms with Gasteiger partial charge < -0.3 is 5.32 Å². The molecule has 7 heteroatoms. The molecule has 0 aliphatic rings. The molecule has 0 fully saturated rings. The minimum atomic E-state index is -3.78. The van der Waals surface area contributed by atoms with E-state index in [4.69, 9.17) is 5.84 Å². The summed E-state index contributed by atoms with van der Waals surface area (Å²) in [4.78, 5) is 12.6.